The SMILES string of the molecule is CCC(CO)n1cc([N+](=O)[O-])nn1. The van der Waals surface area contributed by atoms with Gasteiger partial charge in [0.2, 0.25) is 0 Å². The standard InChI is InChI=1S/C6H10N4O3/c1-2-5(4-11)9-3-6(7-8-9)10(12)13/h3,5,11H,2,4H2,1H3. The fourth-order valence-corrected chi connectivity index (χ4v) is 0.929. The number of rotatable bonds is 4. The number of aliphatic hydroxyl groups excluding tert-OH is 1. The molecule has 1 aromatic rings. The third kappa shape index (κ3) is 2.00. The molecule has 0 saturated carbocycles. The average Bonchev–Trinajstić information content (AvgIpc) is 2.56. The third-order valence-corrected chi connectivity index (χ3v) is 1.74. The first-order valence-corrected chi connectivity index (χ1v) is 3.86. The number of aromatic nitrogens is 3. The lowest BCUT2D eigenvalue weighted by atomic mass is 10.2. The Morgan fingerprint density at radius 1 is 1.85 bits per heavy atom. The van der Waals surface area contributed by atoms with Gasteiger partial charge < -0.3 is 15.2 Å². The molecule has 0 aliphatic carbocycles. The molecule has 0 fully saturated rings. The van der Waals surface area contributed by atoms with E-state index in [0.29, 0.717) is 6.42 Å². The first-order valence-electron chi connectivity index (χ1n) is 3.86. The quantitative estimate of drug-likeness (QED) is 0.532. The Hall–Kier alpha value is -1.50. The van der Waals surface area contributed by atoms with Crippen LogP contribution in [0, 0.1) is 10.1 Å². The highest BCUT2D eigenvalue weighted by molar-refractivity contribution is 5.09. The van der Waals surface area contributed by atoms with Gasteiger partial charge in [-0.1, -0.05) is 6.92 Å². The van der Waals surface area contributed by atoms with Gasteiger partial charge in [-0.25, -0.2) is 4.68 Å². The largest absolute Gasteiger partial charge is 0.410 e. The van der Waals surface area contributed by atoms with Gasteiger partial charge in [-0.05, 0) is 11.3 Å². The van der Waals surface area contributed by atoms with Crippen molar-refractivity contribution in [3.63, 3.8) is 0 Å². The van der Waals surface area contributed by atoms with E-state index in [0.717, 1.165) is 0 Å². The Morgan fingerprint density at radius 2 is 2.54 bits per heavy atom. The predicted molar refractivity (Wildman–Crippen MR) is 43.1 cm³/mol. The van der Waals surface area contributed by atoms with Crippen LogP contribution in [0.5, 0.6) is 0 Å². The maximum absolute atomic E-state index is 10.2. The van der Waals surface area contributed by atoms with Crippen LogP contribution < -0.4 is 0 Å². The van der Waals surface area contributed by atoms with Gasteiger partial charge in [0, 0.05) is 0 Å². The van der Waals surface area contributed by atoms with Crippen LogP contribution >= 0.6 is 0 Å². The molecule has 1 aromatic heterocycles. The maximum Gasteiger partial charge on any atom is 0.410 e. The molecule has 0 aliphatic rings. The number of nitro groups is 1. The third-order valence-electron chi connectivity index (χ3n) is 1.74. The number of nitrogens with zero attached hydrogens (tertiary/aromatic N) is 4. The van der Waals surface area contributed by atoms with Gasteiger partial charge >= 0.3 is 5.82 Å². The summed E-state index contributed by atoms with van der Waals surface area (Å²) in [4.78, 5) is 9.62. The van der Waals surface area contributed by atoms with Crippen molar-refractivity contribution in [1.29, 1.82) is 0 Å². The van der Waals surface area contributed by atoms with Crippen molar-refractivity contribution >= 4 is 5.82 Å². The summed E-state index contributed by atoms with van der Waals surface area (Å²) < 4.78 is 1.30. The summed E-state index contributed by atoms with van der Waals surface area (Å²) in [5.74, 6) is -0.299. The fraction of sp³-hybridized carbons (Fsp3) is 0.667. The first kappa shape index (κ1) is 9.59. The zero-order valence-electron chi connectivity index (χ0n) is 7.12. The average molecular weight is 186 g/mol. The van der Waals surface area contributed by atoms with Gasteiger partial charge in [0.15, 0.2) is 0 Å². The molecule has 1 rings (SSSR count). The summed E-state index contributed by atoms with van der Waals surface area (Å²) in [6, 6.07) is -0.235. The van der Waals surface area contributed by atoms with Crippen molar-refractivity contribution in [3.05, 3.63) is 16.3 Å². The zero-order chi connectivity index (χ0) is 9.84. The fourth-order valence-electron chi connectivity index (χ4n) is 0.929. The smallest absolute Gasteiger partial charge is 0.394 e. The monoisotopic (exact) mass is 186 g/mol. The molecule has 13 heavy (non-hydrogen) atoms. The number of hydrogen-bond acceptors (Lipinski definition) is 5. The molecule has 0 spiro atoms. The van der Waals surface area contributed by atoms with Crippen molar-refractivity contribution in [1.82, 2.24) is 15.0 Å². The number of hydrogen-bond donors (Lipinski definition) is 1. The molecular weight excluding hydrogens is 176 g/mol. The molecule has 72 valence electrons. The molecule has 1 unspecified atom stereocenters. The molecule has 1 heterocycles. The minimum absolute atomic E-state index is 0.100. The van der Waals surface area contributed by atoms with E-state index in [-0.39, 0.29) is 18.5 Å². The molecule has 0 radical (unpaired) electrons. The Balaban J connectivity index is 2.84. The van der Waals surface area contributed by atoms with Crippen molar-refractivity contribution in [2.45, 2.75) is 19.4 Å². The maximum atomic E-state index is 10.2. The van der Waals surface area contributed by atoms with Crippen LogP contribution in [0.25, 0.3) is 0 Å². The van der Waals surface area contributed by atoms with Crippen LogP contribution in [0.15, 0.2) is 6.20 Å². The second kappa shape index (κ2) is 3.94. The van der Waals surface area contributed by atoms with E-state index in [1.54, 1.807) is 0 Å². The number of aliphatic hydroxyl groups is 1. The summed E-state index contributed by atoms with van der Waals surface area (Å²) in [6.07, 6.45) is 1.86. The molecule has 7 nitrogen and oxygen atoms in total. The van der Waals surface area contributed by atoms with Crippen molar-refractivity contribution in [3.8, 4) is 0 Å². The molecule has 1 atom stereocenters. The van der Waals surface area contributed by atoms with E-state index < -0.39 is 4.92 Å². The second-order valence-corrected chi connectivity index (χ2v) is 2.56. The molecule has 0 aromatic carbocycles. The Kier molecular flexibility index (Phi) is 2.91. The molecule has 0 aliphatic heterocycles. The van der Waals surface area contributed by atoms with E-state index in [4.69, 9.17) is 5.11 Å². The summed E-state index contributed by atoms with van der Waals surface area (Å²) in [7, 11) is 0. The van der Waals surface area contributed by atoms with Gasteiger partial charge in [0.25, 0.3) is 0 Å². The van der Waals surface area contributed by atoms with Gasteiger partial charge in [-0.15, -0.1) is 0 Å². The Labute approximate surface area is 74.1 Å². The van der Waals surface area contributed by atoms with E-state index in [9.17, 15) is 10.1 Å². The molecular formula is C6H10N4O3. The van der Waals surface area contributed by atoms with Gasteiger partial charge in [-0.2, -0.15) is 0 Å². The van der Waals surface area contributed by atoms with Gasteiger partial charge in [-0.3, -0.25) is 0 Å². The lowest BCUT2D eigenvalue weighted by Crippen LogP contribution is -2.12. The van der Waals surface area contributed by atoms with Gasteiger partial charge in [0.05, 0.1) is 17.9 Å². The van der Waals surface area contributed by atoms with Crippen LogP contribution in [0.4, 0.5) is 5.82 Å². The van der Waals surface area contributed by atoms with E-state index in [2.05, 4.69) is 10.3 Å². The van der Waals surface area contributed by atoms with Crippen molar-refractivity contribution < 1.29 is 10.0 Å². The minimum atomic E-state index is -0.617. The lowest BCUT2D eigenvalue weighted by molar-refractivity contribution is -0.389. The van der Waals surface area contributed by atoms with Crippen LogP contribution in [-0.4, -0.2) is 31.6 Å². The highest BCUT2D eigenvalue weighted by atomic mass is 16.6. The van der Waals surface area contributed by atoms with Crippen LogP contribution in [0.1, 0.15) is 19.4 Å². The topological polar surface area (TPSA) is 94.1 Å². The lowest BCUT2D eigenvalue weighted by Gasteiger charge is -2.07. The summed E-state index contributed by atoms with van der Waals surface area (Å²) in [5.41, 5.74) is 0. The van der Waals surface area contributed by atoms with Crippen molar-refractivity contribution in [2.24, 2.45) is 0 Å². The second-order valence-electron chi connectivity index (χ2n) is 2.56. The summed E-state index contributed by atoms with van der Waals surface area (Å²) in [5, 5.41) is 26.0. The van der Waals surface area contributed by atoms with Crippen molar-refractivity contribution in [2.75, 3.05) is 6.61 Å². The molecule has 1 N–H and O–H groups in total. The predicted octanol–water partition coefficient (Wildman–Crippen LogP) is 0.130. The summed E-state index contributed by atoms with van der Waals surface area (Å²) in [6.45, 7) is 1.76. The highest BCUT2D eigenvalue weighted by Gasteiger charge is 2.16. The molecule has 0 bridgehead atoms. The van der Waals surface area contributed by atoms with Gasteiger partial charge in [0.1, 0.15) is 11.3 Å². The van der Waals surface area contributed by atoms with Crippen LogP contribution in [0.3, 0.4) is 0 Å². The first-order chi connectivity index (χ1) is 6.19. The molecule has 0 amide bonds. The Morgan fingerprint density at radius 3 is 2.92 bits per heavy atom. The van der Waals surface area contributed by atoms with Crippen LogP contribution in [-0.2, 0) is 0 Å². The minimum Gasteiger partial charge on any atom is -0.394 e. The van der Waals surface area contributed by atoms with E-state index >= 15 is 0 Å². The van der Waals surface area contributed by atoms with Crippen LogP contribution in [0.2, 0.25) is 0 Å². The Bertz CT molecular complexity index is 294. The van der Waals surface area contributed by atoms with E-state index in [1.807, 2.05) is 6.92 Å². The zero-order valence-corrected chi connectivity index (χ0v) is 7.12. The highest BCUT2D eigenvalue weighted by Crippen LogP contribution is 2.11. The molecule has 0 saturated heterocycles. The summed E-state index contributed by atoms with van der Waals surface area (Å²) >= 11 is 0. The van der Waals surface area contributed by atoms with E-state index in [1.165, 1.54) is 10.9 Å². The normalized spacial score (nSPS) is 12.8. The molecule has 7 heteroatoms.